The van der Waals surface area contributed by atoms with Gasteiger partial charge in [-0.05, 0) is 42.8 Å². The number of urea groups is 1. The highest BCUT2D eigenvalue weighted by atomic mass is 19.4. The standard InChI is InChI=1S/C20H22F3N5O4/c1-13-10-14(17(12-29)26-31)11-24-18(13)27-6-8-28(9-7-27)19(30)25-15-2-4-16(5-3-15)32-20(21,22)23/h2-5,10-11,17,29H,6-9,12H2,1H3,(H,25,30)/t17-/m1/s1. The van der Waals surface area contributed by atoms with Gasteiger partial charge in [-0.25, -0.2) is 9.78 Å². The summed E-state index contributed by atoms with van der Waals surface area (Å²) in [5, 5.41) is 14.7. The Morgan fingerprint density at radius 3 is 2.44 bits per heavy atom. The maximum absolute atomic E-state index is 12.5. The summed E-state index contributed by atoms with van der Waals surface area (Å²) in [4.78, 5) is 31.3. The van der Waals surface area contributed by atoms with E-state index in [-0.39, 0.29) is 11.8 Å². The first kappa shape index (κ1) is 23.3. The van der Waals surface area contributed by atoms with Crippen LogP contribution in [0.3, 0.4) is 0 Å². The summed E-state index contributed by atoms with van der Waals surface area (Å²) in [7, 11) is 0. The molecule has 1 aromatic heterocycles. The maximum Gasteiger partial charge on any atom is 0.573 e. The zero-order valence-corrected chi connectivity index (χ0v) is 17.2. The number of hydrogen-bond acceptors (Lipinski definition) is 7. The number of rotatable bonds is 6. The van der Waals surface area contributed by atoms with Crippen LogP contribution in [0.15, 0.2) is 41.7 Å². The predicted molar refractivity (Wildman–Crippen MR) is 111 cm³/mol. The number of anilines is 2. The molecule has 0 unspecified atom stereocenters. The van der Waals surface area contributed by atoms with Gasteiger partial charge in [0, 0.05) is 43.6 Å². The monoisotopic (exact) mass is 453 g/mol. The molecule has 2 heterocycles. The van der Waals surface area contributed by atoms with Gasteiger partial charge in [-0.15, -0.1) is 13.2 Å². The van der Waals surface area contributed by atoms with Gasteiger partial charge in [-0.2, -0.15) is 4.91 Å². The number of carbonyl (C=O) groups excluding carboxylic acids is 1. The molecule has 32 heavy (non-hydrogen) atoms. The van der Waals surface area contributed by atoms with Gasteiger partial charge < -0.3 is 25.0 Å². The molecule has 1 aliphatic rings. The molecule has 1 fully saturated rings. The van der Waals surface area contributed by atoms with Crippen LogP contribution in [0.1, 0.15) is 17.2 Å². The highest BCUT2D eigenvalue weighted by Crippen LogP contribution is 2.25. The molecule has 12 heteroatoms. The number of aliphatic hydroxyl groups is 1. The lowest BCUT2D eigenvalue weighted by Gasteiger charge is -2.36. The van der Waals surface area contributed by atoms with E-state index in [9.17, 15) is 28.0 Å². The molecule has 1 saturated heterocycles. The van der Waals surface area contributed by atoms with Crippen LogP contribution in [0.4, 0.5) is 29.5 Å². The van der Waals surface area contributed by atoms with E-state index in [2.05, 4.69) is 20.2 Å². The molecule has 172 valence electrons. The van der Waals surface area contributed by atoms with E-state index in [0.717, 1.165) is 23.5 Å². The molecule has 1 atom stereocenters. The molecule has 2 aromatic rings. The van der Waals surface area contributed by atoms with E-state index < -0.39 is 19.0 Å². The van der Waals surface area contributed by atoms with Gasteiger partial charge in [0.1, 0.15) is 17.6 Å². The largest absolute Gasteiger partial charge is 0.573 e. The number of halogens is 3. The van der Waals surface area contributed by atoms with Crippen molar-refractivity contribution in [3.63, 3.8) is 0 Å². The normalized spacial score (nSPS) is 15.3. The SMILES string of the molecule is Cc1cc([C@@H](CO)N=O)cnc1N1CCN(C(=O)Nc2ccc(OC(F)(F)F)cc2)CC1. The predicted octanol–water partition coefficient (Wildman–Crippen LogP) is 3.44. The number of amides is 2. The van der Waals surface area contributed by atoms with Crippen molar-refractivity contribution in [1.82, 2.24) is 9.88 Å². The topological polar surface area (TPSA) is 107 Å². The van der Waals surface area contributed by atoms with Crippen molar-refractivity contribution < 1.29 is 27.8 Å². The third-order valence-corrected chi connectivity index (χ3v) is 4.96. The van der Waals surface area contributed by atoms with Crippen molar-refractivity contribution >= 4 is 17.5 Å². The fourth-order valence-electron chi connectivity index (χ4n) is 3.37. The van der Waals surface area contributed by atoms with Gasteiger partial charge in [0.25, 0.3) is 0 Å². The van der Waals surface area contributed by atoms with Crippen LogP contribution in [0, 0.1) is 11.8 Å². The fourth-order valence-corrected chi connectivity index (χ4v) is 3.37. The van der Waals surface area contributed by atoms with Crippen LogP contribution in [-0.4, -0.2) is 60.2 Å². The highest BCUT2D eigenvalue weighted by Gasteiger charge is 2.31. The second kappa shape index (κ2) is 9.81. The zero-order valence-electron chi connectivity index (χ0n) is 17.2. The number of alkyl halides is 3. The van der Waals surface area contributed by atoms with Crippen LogP contribution in [0.5, 0.6) is 5.75 Å². The maximum atomic E-state index is 12.5. The average molecular weight is 453 g/mol. The summed E-state index contributed by atoms with van der Waals surface area (Å²) in [6.45, 7) is 3.33. The quantitative estimate of drug-likeness (QED) is 0.649. The number of aryl methyl sites for hydroxylation is 1. The minimum atomic E-state index is -4.77. The zero-order chi connectivity index (χ0) is 23.3. The fraction of sp³-hybridized carbons (Fsp3) is 0.400. The molecular weight excluding hydrogens is 431 g/mol. The molecule has 0 spiro atoms. The van der Waals surface area contributed by atoms with E-state index in [1.54, 1.807) is 11.0 Å². The lowest BCUT2D eigenvalue weighted by Crippen LogP contribution is -2.50. The Kier molecular flexibility index (Phi) is 7.13. The first-order valence-electron chi connectivity index (χ1n) is 9.76. The minimum absolute atomic E-state index is 0.349. The number of carbonyl (C=O) groups is 1. The van der Waals surface area contributed by atoms with Crippen molar-refractivity contribution in [2.24, 2.45) is 5.18 Å². The molecule has 2 amide bonds. The Morgan fingerprint density at radius 1 is 1.25 bits per heavy atom. The molecule has 0 radical (unpaired) electrons. The minimum Gasteiger partial charge on any atom is -0.406 e. The van der Waals surface area contributed by atoms with E-state index >= 15 is 0 Å². The Hall–Kier alpha value is -3.41. The molecule has 0 aliphatic carbocycles. The third kappa shape index (κ3) is 5.84. The third-order valence-electron chi connectivity index (χ3n) is 4.96. The molecule has 1 aromatic carbocycles. The number of pyridine rings is 1. The number of ether oxygens (including phenoxy) is 1. The van der Waals surface area contributed by atoms with Gasteiger partial charge in [-0.3, -0.25) is 0 Å². The molecule has 0 saturated carbocycles. The van der Waals surface area contributed by atoms with Crippen LogP contribution in [-0.2, 0) is 0 Å². The number of aromatic nitrogens is 1. The number of nitrogens with one attached hydrogen (secondary N) is 1. The van der Waals surface area contributed by atoms with Gasteiger partial charge in [0.2, 0.25) is 0 Å². The second-order valence-corrected chi connectivity index (χ2v) is 7.19. The number of nitroso groups, excluding NO2 is 1. The number of nitrogens with zero attached hydrogens (tertiary/aromatic N) is 4. The molecule has 3 rings (SSSR count). The van der Waals surface area contributed by atoms with Crippen molar-refractivity contribution in [3.05, 3.63) is 52.6 Å². The van der Waals surface area contributed by atoms with E-state index in [4.69, 9.17) is 0 Å². The van der Waals surface area contributed by atoms with Crippen molar-refractivity contribution in [2.75, 3.05) is 43.0 Å². The Bertz CT molecular complexity index is 947. The van der Waals surface area contributed by atoms with Gasteiger partial charge >= 0.3 is 12.4 Å². The average Bonchev–Trinajstić information content (AvgIpc) is 2.75. The first-order valence-corrected chi connectivity index (χ1v) is 9.76. The summed E-state index contributed by atoms with van der Waals surface area (Å²) >= 11 is 0. The summed E-state index contributed by atoms with van der Waals surface area (Å²) < 4.78 is 40.5. The van der Waals surface area contributed by atoms with E-state index in [1.807, 2.05) is 11.8 Å². The van der Waals surface area contributed by atoms with Crippen LogP contribution < -0.4 is 15.0 Å². The van der Waals surface area contributed by atoms with Crippen LogP contribution in [0.25, 0.3) is 0 Å². The summed E-state index contributed by atoms with van der Waals surface area (Å²) in [6, 6.07) is 5.45. The van der Waals surface area contributed by atoms with Crippen LogP contribution >= 0.6 is 0 Å². The Balaban J connectivity index is 1.55. The molecular formula is C20H22F3N5O4. The number of benzene rings is 1. The molecule has 1 aliphatic heterocycles. The van der Waals surface area contributed by atoms with Gasteiger partial charge in [0.15, 0.2) is 0 Å². The van der Waals surface area contributed by atoms with Gasteiger partial charge in [0.05, 0.1) is 6.61 Å². The van der Waals surface area contributed by atoms with Crippen molar-refractivity contribution in [2.45, 2.75) is 19.3 Å². The Morgan fingerprint density at radius 2 is 1.91 bits per heavy atom. The van der Waals surface area contributed by atoms with Gasteiger partial charge in [-0.1, -0.05) is 5.18 Å². The summed E-state index contributed by atoms with van der Waals surface area (Å²) in [6.07, 6.45) is -3.26. The summed E-state index contributed by atoms with van der Waals surface area (Å²) in [5.41, 5.74) is 1.71. The van der Waals surface area contributed by atoms with Crippen LogP contribution in [0.2, 0.25) is 0 Å². The Labute approximate surface area is 181 Å². The highest BCUT2D eigenvalue weighted by molar-refractivity contribution is 5.89. The second-order valence-electron chi connectivity index (χ2n) is 7.19. The van der Waals surface area contributed by atoms with E-state index in [1.165, 1.54) is 18.3 Å². The molecule has 9 nitrogen and oxygen atoms in total. The molecule has 0 bridgehead atoms. The number of piperazine rings is 1. The number of hydrogen-bond donors (Lipinski definition) is 2. The lowest BCUT2D eigenvalue weighted by molar-refractivity contribution is -0.274. The lowest BCUT2D eigenvalue weighted by atomic mass is 10.1. The number of aliphatic hydroxyl groups excluding tert-OH is 1. The van der Waals surface area contributed by atoms with E-state index in [0.29, 0.717) is 37.4 Å². The smallest absolute Gasteiger partial charge is 0.406 e. The van der Waals surface area contributed by atoms with Crippen molar-refractivity contribution in [1.29, 1.82) is 0 Å². The molecule has 2 N–H and O–H groups in total. The summed E-state index contributed by atoms with van der Waals surface area (Å²) in [5.74, 6) is 0.351. The first-order chi connectivity index (χ1) is 15.2. The van der Waals surface area contributed by atoms with Crippen molar-refractivity contribution in [3.8, 4) is 5.75 Å².